The van der Waals surface area contributed by atoms with Crippen molar-refractivity contribution in [3.63, 3.8) is 0 Å². The number of rotatable bonds is 4. The summed E-state index contributed by atoms with van der Waals surface area (Å²) in [7, 11) is 1.31. The number of nitrogens with zero attached hydrogens (tertiary/aromatic N) is 2. The maximum absolute atomic E-state index is 12.2. The normalized spacial score (nSPS) is 10.9. The number of alkyl halides is 3. The van der Waals surface area contributed by atoms with Gasteiger partial charge in [0, 0.05) is 12.1 Å². The third-order valence-corrected chi connectivity index (χ3v) is 1.99. The predicted octanol–water partition coefficient (Wildman–Crippen LogP) is 1.51. The van der Waals surface area contributed by atoms with Gasteiger partial charge in [-0.3, -0.25) is 0 Å². The van der Waals surface area contributed by atoms with Crippen molar-refractivity contribution in [2.75, 3.05) is 7.11 Å². The number of hydrogen-bond acceptors (Lipinski definition) is 5. The van der Waals surface area contributed by atoms with Crippen LogP contribution in [0.2, 0.25) is 0 Å². The lowest BCUT2D eigenvalue weighted by Gasteiger charge is -2.14. The lowest BCUT2D eigenvalue weighted by atomic mass is 10.2. The summed E-state index contributed by atoms with van der Waals surface area (Å²) in [5.74, 6) is -0.456. The molecule has 1 heterocycles. The second-order valence-electron chi connectivity index (χ2n) is 3.19. The van der Waals surface area contributed by atoms with Crippen molar-refractivity contribution in [1.82, 2.24) is 4.98 Å². The average molecular weight is 261 g/mol. The van der Waals surface area contributed by atoms with Gasteiger partial charge in [-0.15, -0.1) is 13.2 Å². The Kier molecular flexibility index (Phi) is 4.33. The van der Waals surface area contributed by atoms with Crippen molar-refractivity contribution in [1.29, 1.82) is 5.26 Å². The molecule has 0 aliphatic carbocycles. The van der Waals surface area contributed by atoms with E-state index >= 15 is 0 Å². The average Bonchev–Trinajstić information content (AvgIpc) is 2.29. The molecule has 0 fully saturated rings. The van der Waals surface area contributed by atoms with Gasteiger partial charge in [0.1, 0.15) is 5.69 Å². The van der Waals surface area contributed by atoms with Crippen LogP contribution in [0, 0.1) is 11.3 Å². The number of ether oxygens (including phenoxy) is 2. The number of pyridine rings is 1. The van der Waals surface area contributed by atoms with Gasteiger partial charge in [-0.05, 0) is 6.07 Å². The summed E-state index contributed by atoms with van der Waals surface area (Å²) < 4.78 is 45.2. The molecule has 0 aliphatic rings. The largest absolute Gasteiger partial charge is 0.573 e. The van der Waals surface area contributed by atoms with Crippen LogP contribution in [-0.4, -0.2) is 18.5 Å². The van der Waals surface area contributed by atoms with Crippen LogP contribution in [0.1, 0.15) is 11.3 Å². The fraction of sp³-hybridized carbons (Fsp3) is 0.400. The summed E-state index contributed by atoms with van der Waals surface area (Å²) in [6.07, 6.45) is -5.18. The molecule has 0 saturated heterocycles. The minimum atomic E-state index is -4.85. The zero-order valence-electron chi connectivity index (χ0n) is 9.41. The van der Waals surface area contributed by atoms with E-state index in [0.29, 0.717) is 0 Å². The minimum Gasteiger partial charge on any atom is -0.481 e. The fourth-order valence-corrected chi connectivity index (χ4v) is 1.29. The maximum Gasteiger partial charge on any atom is 0.573 e. The Hall–Kier alpha value is -2.01. The monoisotopic (exact) mass is 261 g/mol. The Morgan fingerprint density at radius 1 is 1.50 bits per heavy atom. The maximum atomic E-state index is 12.2. The first-order valence-electron chi connectivity index (χ1n) is 4.80. The van der Waals surface area contributed by atoms with E-state index < -0.39 is 12.1 Å². The molecule has 0 amide bonds. The molecule has 0 aliphatic heterocycles. The van der Waals surface area contributed by atoms with E-state index in [1.165, 1.54) is 7.11 Å². The van der Waals surface area contributed by atoms with E-state index in [2.05, 4.69) is 9.72 Å². The van der Waals surface area contributed by atoms with Crippen LogP contribution in [-0.2, 0) is 13.0 Å². The van der Waals surface area contributed by atoms with E-state index in [-0.39, 0.29) is 30.1 Å². The van der Waals surface area contributed by atoms with Gasteiger partial charge in [0.2, 0.25) is 5.88 Å². The molecular formula is C10H10F3N3O2. The topological polar surface area (TPSA) is 81.2 Å². The molecule has 5 nitrogen and oxygen atoms in total. The summed E-state index contributed by atoms with van der Waals surface area (Å²) in [5, 5.41) is 8.54. The Bertz CT molecular complexity index is 469. The number of aromatic nitrogens is 1. The Morgan fingerprint density at radius 2 is 2.17 bits per heavy atom. The Labute approximate surface area is 101 Å². The molecule has 0 radical (unpaired) electrons. The van der Waals surface area contributed by atoms with Gasteiger partial charge < -0.3 is 15.2 Å². The van der Waals surface area contributed by atoms with E-state index in [1.807, 2.05) is 0 Å². The number of hydrogen-bond donors (Lipinski definition) is 1. The van der Waals surface area contributed by atoms with Crippen LogP contribution in [0.4, 0.5) is 13.2 Å². The van der Waals surface area contributed by atoms with Gasteiger partial charge in [0.15, 0.2) is 5.75 Å². The van der Waals surface area contributed by atoms with Gasteiger partial charge in [0.05, 0.1) is 19.6 Å². The molecule has 2 N–H and O–H groups in total. The molecule has 8 heteroatoms. The van der Waals surface area contributed by atoms with Gasteiger partial charge in [-0.2, -0.15) is 5.26 Å². The van der Waals surface area contributed by atoms with Crippen molar-refractivity contribution in [2.24, 2.45) is 5.73 Å². The molecular weight excluding hydrogens is 251 g/mol. The van der Waals surface area contributed by atoms with Crippen LogP contribution in [0.25, 0.3) is 0 Å². The van der Waals surface area contributed by atoms with Crippen LogP contribution in [0.15, 0.2) is 6.07 Å². The Balaban J connectivity index is 3.25. The fourth-order valence-electron chi connectivity index (χ4n) is 1.29. The van der Waals surface area contributed by atoms with E-state index in [9.17, 15) is 13.2 Å². The second-order valence-corrected chi connectivity index (χ2v) is 3.19. The number of halogens is 3. The molecule has 0 bridgehead atoms. The molecule has 0 saturated carbocycles. The highest BCUT2D eigenvalue weighted by Crippen LogP contribution is 2.30. The lowest BCUT2D eigenvalue weighted by Crippen LogP contribution is -2.19. The standard InChI is InChI=1S/C10H10F3N3O2/c1-17-9-6(5-15)4-8(18-10(11,12)13)7(16-9)2-3-14/h4H,2,5,15H2,1H3. The van der Waals surface area contributed by atoms with Gasteiger partial charge in [-0.1, -0.05) is 0 Å². The highest BCUT2D eigenvalue weighted by molar-refractivity contribution is 5.40. The van der Waals surface area contributed by atoms with Crippen molar-refractivity contribution < 1.29 is 22.6 Å². The molecule has 1 rings (SSSR count). The summed E-state index contributed by atoms with van der Waals surface area (Å²) in [6, 6.07) is 2.78. The third kappa shape index (κ3) is 3.49. The van der Waals surface area contributed by atoms with Crippen LogP contribution in [0.3, 0.4) is 0 Å². The van der Waals surface area contributed by atoms with Gasteiger partial charge in [0.25, 0.3) is 0 Å². The molecule has 0 unspecified atom stereocenters. The zero-order chi connectivity index (χ0) is 13.8. The Morgan fingerprint density at radius 3 is 2.61 bits per heavy atom. The summed E-state index contributed by atoms with van der Waals surface area (Å²) in [5.41, 5.74) is 5.47. The van der Waals surface area contributed by atoms with E-state index in [0.717, 1.165) is 6.07 Å². The molecule has 1 aromatic rings. The first kappa shape index (κ1) is 14.1. The second kappa shape index (κ2) is 5.55. The summed E-state index contributed by atoms with van der Waals surface area (Å²) in [4.78, 5) is 3.79. The van der Waals surface area contributed by atoms with Crippen molar-refractivity contribution in [3.8, 4) is 17.7 Å². The molecule has 0 aromatic carbocycles. The van der Waals surface area contributed by atoms with Gasteiger partial charge in [-0.25, -0.2) is 4.98 Å². The molecule has 1 aromatic heterocycles. The quantitative estimate of drug-likeness (QED) is 0.888. The molecule has 0 atom stereocenters. The first-order chi connectivity index (χ1) is 8.41. The molecule has 18 heavy (non-hydrogen) atoms. The minimum absolute atomic E-state index is 0.0583. The number of nitriles is 1. The van der Waals surface area contributed by atoms with Gasteiger partial charge >= 0.3 is 6.36 Å². The number of methoxy groups -OCH3 is 1. The molecule has 0 spiro atoms. The highest BCUT2D eigenvalue weighted by atomic mass is 19.4. The van der Waals surface area contributed by atoms with Crippen molar-refractivity contribution >= 4 is 0 Å². The predicted molar refractivity (Wildman–Crippen MR) is 54.7 cm³/mol. The van der Waals surface area contributed by atoms with Crippen molar-refractivity contribution in [2.45, 2.75) is 19.3 Å². The summed E-state index contributed by atoms with van der Waals surface area (Å²) in [6.45, 7) is -0.0583. The van der Waals surface area contributed by atoms with Crippen molar-refractivity contribution in [3.05, 3.63) is 17.3 Å². The van der Waals surface area contributed by atoms with E-state index in [4.69, 9.17) is 15.7 Å². The highest BCUT2D eigenvalue weighted by Gasteiger charge is 2.33. The zero-order valence-corrected chi connectivity index (χ0v) is 9.41. The molecule has 98 valence electrons. The van der Waals surface area contributed by atoms with Crippen LogP contribution < -0.4 is 15.2 Å². The number of nitrogens with two attached hydrogens (primary N) is 1. The summed E-state index contributed by atoms with van der Waals surface area (Å²) >= 11 is 0. The SMILES string of the molecule is COc1nc(CC#N)c(OC(F)(F)F)cc1CN. The smallest absolute Gasteiger partial charge is 0.481 e. The third-order valence-electron chi connectivity index (χ3n) is 1.99. The lowest BCUT2D eigenvalue weighted by molar-refractivity contribution is -0.275. The van der Waals surface area contributed by atoms with Crippen LogP contribution >= 0.6 is 0 Å². The first-order valence-corrected chi connectivity index (χ1v) is 4.80. The van der Waals surface area contributed by atoms with Crippen LogP contribution in [0.5, 0.6) is 11.6 Å². The van der Waals surface area contributed by atoms with E-state index in [1.54, 1.807) is 6.07 Å².